The second kappa shape index (κ2) is 5.37. The van der Waals surface area contributed by atoms with Gasteiger partial charge in [0.1, 0.15) is 0 Å². The topological polar surface area (TPSA) is 32.3 Å². The van der Waals surface area contributed by atoms with Crippen LogP contribution in [0.15, 0.2) is 22.7 Å². The van der Waals surface area contributed by atoms with Gasteiger partial charge in [-0.15, -0.1) is 0 Å². The molecule has 1 aromatic rings. The van der Waals surface area contributed by atoms with Gasteiger partial charge in [-0.05, 0) is 41.1 Å². The standard InChI is InChI=1S/C10H12BrClN2O/c1-3-14(2)10(15)13-7-4-5-9(12)8(11)6-7/h4-6H,3H2,1-2H3,(H,13,15). The lowest BCUT2D eigenvalue weighted by molar-refractivity contribution is 0.224. The Labute approximate surface area is 103 Å². The second-order valence-electron chi connectivity index (χ2n) is 3.07. The van der Waals surface area contributed by atoms with Crippen LogP contribution in [0.2, 0.25) is 5.02 Å². The van der Waals surface area contributed by atoms with Crippen LogP contribution in [-0.4, -0.2) is 24.5 Å². The molecule has 0 saturated heterocycles. The number of carbonyl (C=O) groups excluding carboxylic acids is 1. The van der Waals surface area contributed by atoms with E-state index in [4.69, 9.17) is 11.6 Å². The van der Waals surface area contributed by atoms with E-state index < -0.39 is 0 Å². The van der Waals surface area contributed by atoms with E-state index in [0.717, 1.165) is 10.2 Å². The van der Waals surface area contributed by atoms with E-state index in [1.165, 1.54) is 0 Å². The largest absolute Gasteiger partial charge is 0.328 e. The molecule has 15 heavy (non-hydrogen) atoms. The SMILES string of the molecule is CCN(C)C(=O)Nc1ccc(Cl)c(Br)c1. The van der Waals surface area contributed by atoms with Crippen LogP contribution in [0, 0.1) is 0 Å². The summed E-state index contributed by atoms with van der Waals surface area (Å²) in [7, 11) is 1.74. The van der Waals surface area contributed by atoms with Gasteiger partial charge in [0.05, 0.1) is 5.02 Å². The highest BCUT2D eigenvalue weighted by Gasteiger charge is 2.07. The smallest absolute Gasteiger partial charge is 0.321 e. The van der Waals surface area contributed by atoms with Crippen LogP contribution < -0.4 is 5.32 Å². The number of hydrogen-bond donors (Lipinski definition) is 1. The third kappa shape index (κ3) is 3.39. The van der Waals surface area contributed by atoms with Crippen LogP contribution in [0.1, 0.15) is 6.92 Å². The Kier molecular flexibility index (Phi) is 4.42. The molecule has 0 fully saturated rings. The van der Waals surface area contributed by atoms with Gasteiger partial charge in [-0.1, -0.05) is 11.6 Å². The van der Waals surface area contributed by atoms with Crippen molar-refractivity contribution in [1.29, 1.82) is 0 Å². The van der Waals surface area contributed by atoms with E-state index in [9.17, 15) is 4.79 Å². The molecule has 0 unspecified atom stereocenters. The molecule has 0 spiro atoms. The van der Waals surface area contributed by atoms with Crippen molar-refractivity contribution in [2.75, 3.05) is 18.9 Å². The zero-order valence-electron chi connectivity index (χ0n) is 8.55. The van der Waals surface area contributed by atoms with Gasteiger partial charge < -0.3 is 10.2 Å². The summed E-state index contributed by atoms with van der Waals surface area (Å²) in [4.78, 5) is 13.1. The third-order valence-corrected chi connectivity index (χ3v) is 3.21. The fraction of sp³-hybridized carbons (Fsp3) is 0.300. The molecule has 0 saturated carbocycles. The van der Waals surface area contributed by atoms with Crippen molar-refractivity contribution in [2.45, 2.75) is 6.92 Å². The second-order valence-corrected chi connectivity index (χ2v) is 4.33. The summed E-state index contributed by atoms with van der Waals surface area (Å²) in [6.45, 7) is 2.58. The van der Waals surface area contributed by atoms with Gasteiger partial charge in [0.2, 0.25) is 0 Å². The summed E-state index contributed by atoms with van der Waals surface area (Å²) < 4.78 is 0.765. The first-order chi connectivity index (χ1) is 7.04. The lowest BCUT2D eigenvalue weighted by Crippen LogP contribution is -2.30. The number of nitrogens with zero attached hydrogens (tertiary/aromatic N) is 1. The van der Waals surface area contributed by atoms with Gasteiger partial charge >= 0.3 is 6.03 Å². The molecule has 0 aliphatic carbocycles. The molecule has 0 aliphatic heterocycles. The van der Waals surface area contributed by atoms with E-state index in [-0.39, 0.29) is 6.03 Å². The van der Waals surface area contributed by atoms with E-state index in [0.29, 0.717) is 11.6 Å². The van der Waals surface area contributed by atoms with Gasteiger partial charge in [0, 0.05) is 23.8 Å². The zero-order valence-corrected chi connectivity index (χ0v) is 10.9. The van der Waals surface area contributed by atoms with Gasteiger partial charge in [0.15, 0.2) is 0 Å². The molecule has 0 aliphatic rings. The summed E-state index contributed by atoms with van der Waals surface area (Å²) in [5, 5.41) is 3.38. The highest BCUT2D eigenvalue weighted by molar-refractivity contribution is 9.10. The maximum Gasteiger partial charge on any atom is 0.321 e. The molecule has 1 rings (SSSR count). The Morgan fingerprint density at radius 3 is 2.80 bits per heavy atom. The molecule has 1 aromatic carbocycles. The van der Waals surface area contributed by atoms with Crippen LogP contribution in [0.5, 0.6) is 0 Å². The Bertz CT molecular complexity index is 370. The Morgan fingerprint density at radius 1 is 1.60 bits per heavy atom. The molecular weight excluding hydrogens is 279 g/mol. The van der Waals surface area contributed by atoms with Crippen molar-refractivity contribution >= 4 is 39.2 Å². The molecule has 0 bridgehead atoms. The van der Waals surface area contributed by atoms with Crippen LogP contribution in [0.25, 0.3) is 0 Å². The number of benzene rings is 1. The van der Waals surface area contributed by atoms with Crippen LogP contribution >= 0.6 is 27.5 Å². The van der Waals surface area contributed by atoms with Crippen molar-refractivity contribution in [2.24, 2.45) is 0 Å². The van der Waals surface area contributed by atoms with Gasteiger partial charge in [0.25, 0.3) is 0 Å². The maximum atomic E-state index is 11.5. The number of nitrogens with one attached hydrogen (secondary N) is 1. The summed E-state index contributed by atoms with van der Waals surface area (Å²) in [5.74, 6) is 0. The minimum absolute atomic E-state index is 0.133. The lowest BCUT2D eigenvalue weighted by Gasteiger charge is -2.15. The number of halogens is 2. The molecule has 2 amide bonds. The van der Waals surface area contributed by atoms with Crippen LogP contribution in [-0.2, 0) is 0 Å². The first kappa shape index (κ1) is 12.3. The molecule has 5 heteroatoms. The predicted octanol–water partition coefficient (Wildman–Crippen LogP) is 3.59. The summed E-state index contributed by atoms with van der Waals surface area (Å²) in [5.41, 5.74) is 0.719. The average Bonchev–Trinajstić information content (AvgIpc) is 2.22. The van der Waals surface area contributed by atoms with Crippen molar-refractivity contribution in [3.05, 3.63) is 27.7 Å². The summed E-state index contributed by atoms with van der Waals surface area (Å²) in [6, 6.07) is 5.12. The van der Waals surface area contributed by atoms with Crippen molar-refractivity contribution in [3.8, 4) is 0 Å². The molecule has 0 aromatic heterocycles. The minimum atomic E-state index is -0.133. The van der Waals surface area contributed by atoms with Crippen molar-refractivity contribution < 1.29 is 4.79 Å². The quantitative estimate of drug-likeness (QED) is 0.887. The van der Waals surface area contributed by atoms with Crippen LogP contribution in [0.4, 0.5) is 10.5 Å². The molecule has 0 atom stereocenters. The number of anilines is 1. The molecule has 1 N–H and O–H groups in total. The predicted molar refractivity (Wildman–Crippen MR) is 66.5 cm³/mol. The number of amides is 2. The third-order valence-electron chi connectivity index (χ3n) is 1.99. The Hall–Kier alpha value is -0.740. The van der Waals surface area contributed by atoms with Crippen molar-refractivity contribution in [3.63, 3.8) is 0 Å². The summed E-state index contributed by atoms with van der Waals surface area (Å²) >= 11 is 9.13. The number of rotatable bonds is 2. The zero-order chi connectivity index (χ0) is 11.4. The number of hydrogen-bond acceptors (Lipinski definition) is 1. The Balaban J connectivity index is 2.73. The highest BCUT2D eigenvalue weighted by Crippen LogP contribution is 2.25. The normalized spacial score (nSPS) is 9.87. The first-order valence-electron chi connectivity index (χ1n) is 4.51. The number of carbonyl (C=O) groups is 1. The van der Waals surface area contributed by atoms with Crippen molar-refractivity contribution in [1.82, 2.24) is 4.90 Å². The maximum absolute atomic E-state index is 11.5. The molecule has 3 nitrogen and oxygen atoms in total. The monoisotopic (exact) mass is 290 g/mol. The lowest BCUT2D eigenvalue weighted by atomic mass is 10.3. The van der Waals surface area contributed by atoms with Gasteiger partial charge in [-0.3, -0.25) is 0 Å². The fourth-order valence-electron chi connectivity index (χ4n) is 0.936. The first-order valence-corrected chi connectivity index (χ1v) is 5.69. The average molecular weight is 292 g/mol. The van der Waals surface area contributed by atoms with Crippen LogP contribution in [0.3, 0.4) is 0 Å². The number of urea groups is 1. The molecular formula is C10H12BrClN2O. The molecule has 0 heterocycles. The van der Waals surface area contributed by atoms with E-state index in [1.54, 1.807) is 30.1 Å². The van der Waals surface area contributed by atoms with E-state index in [1.807, 2.05) is 6.92 Å². The molecule has 82 valence electrons. The molecule has 0 radical (unpaired) electrons. The highest BCUT2D eigenvalue weighted by atomic mass is 79.9. The van der Waals surface area contributed by atoms with Gasteiger partial charge in [-0.25, -0.2) is 4.79 Å². The Morgan fingerprint density at radius 2 is 2.27 bits per heavy atom. The summed E-state index contributed by atoms with van der Waals surface area (Å²) in [6.07, 6.45) is 0. The minimum Gasteiger partial charge on any atom is -0.328 e. The van der Waals surface area contributed by atoms with E-state index in [2.05, 4.69) is 21.2 Å². The fourth-order valence-corrected chi connectivity index (χ4v) is 1.43. The van der Waals surface area contributed by atoms with E-state index >= 15 is 0 Å². The van der Waals surface area contributed by atoms with Gasteiger partial charge in [-0.2, -0.15) is 0 Å².